The highest BCUT2D eigenvalue weighted by atomic mass is 16.4. The fourth-order valence-electron chi connectivity index (χ4n) is 2.25. The molecular weight excluding hydrogens is 192 g/mol. The zero-order chi connectivity index (χ0) is 10.8. The molecule has 1 aliphatic carbocycles. The fraction of sp³-hybridized carbons (Fsp3) is 0.333. The predicted octanol–water partition coefficient (Wildman–Crippen LogP) is 2.00. The molecule has 1 aromatic rings. The van der Waals surface area contributed by atoms with E-state index in [0.717, 1.165) is 36.7 Å². The van der Waals surface area contributed by atoms with Gasteiger partial charge in [-0.05, 0) is 36.5 Å². The lowest BCUT2D eigenvalue weighted by Crippen LogP contribution is -2.16. The number of hydrogen-bond donors (Lipinski definition) is 1. The Hall–Kier alpha value is -1.64. The van der Waals surface area contributed by atoms with Crippen LogP contribution in [-0.2, 0) is 11.2 Å². The highest BCUT2D eigenvalue weighted by Gasteiger charge is 2.24. The van der Waals surface area contributed by atoms with Crippen LogP contribution in [-0.4, -0.2) is 17.4 Å². The molecule has 1 aliphatic rings. The molecule has 1 unspecified atom stereocenters. The van der Waals surface area contributed by atoms with Crippen LogP contribution in [0.25, 0.3) is 0 Å². The number of aryl methyl sites for hydroxylation is 1. The van der Waals surface area contributed by atoms with Crippen LogP contribution in [0.3, 0.4) is 0 Å². The molecule has 78 valence electrons. The number of rotatable bonds is 2. The molecule has 0 bridgehead atoms. The number of fused-ring (bicyclic) bond motifs is 1. The first-order valence-electron chi connectivity index (χ1n) is 5.04. The van der Waals surface area contributed by atoms with Crippen LogP contribution in [0.15, 0.2) is 18.2 Å². The summed E-state index contributed by atoms with van der Waals surface area (Å²) in [6.45, 7) is 0. The van der Waals surface area contributed by atoms with E-state index in [9.17, 15) is 9.59 Å². The highest BCUT2D eigenvalue weighted by Crippen LogP contribution is 2.32. The lowest BCUT2D eigenvalue weighted by atomic mass is 9.81. The molecule has 3 heteroatoms. The molecule has 0 radical (unpaired) electrons. The molecule has 1 aromatic carbocycles. The van der Waals surface area contributed by atoms with Crippen LogP contribution in [0.4, 0.5) is 0 Å². The Labute approximate surface area is 87.7 Å². The number of hydrogen-bond acceptors (Lipinski definition) is 2. The lowest BCUT2D eigenvalue weighted by molar-refractivity contribution is -0.109. The van der Waals surface area contributed by atoms with Gasteiger partial charge in [0.15, 0.2) is 0 Å². The smallest absolute Gasteiger partial charge is 0.335 e. The van der Waals surface area contributed by atoms with E-state index < -0.39 is 5.97 Å². The van der Waals surface area contributed by atoms with Crippen molar-refractivity contribution in [2.24, 2.45) is 0 Å². The summed E-state index contributed by atoms with van der Waals surface area (Å²) >= 11 is 0. The number of carbonyl (C=O) groups is 2. The molecule has 0 amide bonds. The summed E-state index contributed by atoms with van der Waals surface area (Å²) in [4.78, 5) is 21.9. The number of carboxylic acid groups (broad SMARTS) is 1. The number of benzene rings is 1. The first-order chi connectivity index (χ1) is 7.24. The molecule has 0 saturated carbocycles. The molecule has 2 rings (SSSR count). The number of aromatic carboxylic acids is 1. The zero-order valence-electron chi connectivity index (χ0n) is 8.27. The van der Waals surface area contributed by atoms with Crippen molar-refractivity contribution in [3.8, 4) is 0 Å². The Kier molecular flexibility index (Phi) is 2.54. The van der Waals surface area contributed by atoms with Crippen LogP contribution in [0.1, 0.15) is 40.2 Å². The zero-order valence-corrected chi connectivity index (χ0v) is 8.27. The highest BCUT2D eigenvalue weighted by molar-refractivity contribution is 5.91. The van der Waals surface area contributed by atoms with E-state index in [4.69, 9.17) is 5.11 Å². The van der Waals surface area contributed by atoms with Gasteiger partial charge in [-0.3, -0.25) is 0 Å². The topological polar surface area (TPSA) is 54.4 Å². The van der Waals surface area contributed by atoms with Gasteiger partial charge in [-0.25, -0.2) is 4.79 Å². The molecule has 3 nitrogen and oxygen atoms in total. The Morgan fingerprint density at radius 2 is 2.27 bits per heavy atom. The minimum absolute atomic E-state index is 0.235. The maximum atomic E-state index is 11.0. The summed E-state index contributed by atoms with van der Waals surface area (Å²) in [5.74, 6) is -1.18. The van der Waals surface area contributed by atoms with Gasteiger partial charge in [0.05, 0.1) is 5.56 Å². The molecule has 0 heterocycles. The summed E-state index contributed by atoms with van der Waals surface area (Å²) in [6.07, 6.45) is 3.46. The molecule has 15 heavy (non-hydrogen) atoms. The molecule has 1 atom stereocenters. The number of carboxylic acids is 1. The van der Waals surface area contributed by atoms with Crippen molar-refractivity contribution in [3.05, 3.63) is 34.9 Å². The summed E-state index contributed by atoms with van der Waals surface area (Å²) in [7, 11) is 0. The van der Waals surface area contributed by atoms with E-state index >= 15 is 0 Å². The van der Waals surface area contributed by atoms with Gasteiger partial charge in [-0.15, -0.1) is 0 Å². The maximum absolute atomic E-state index is 11.0. The summed E-state index contributed by atoms with van der Waals surface area (Å²) in [5, 5.41) is 9.04. The second-order valence-corrected chi connectivity index (χ2v) is 3.82. The van der Waals surface area contributed by atoms with Gasteiger partial charge in [-0.1, -0.05) is 12.1 Å². The van der Waals surface area contributed by atoms with E-state index in [1.54, 1.807) is 12.1 Å². The number of aldehydes is 1. The monoisotopic (exact) mass is 204 g/mol. The minimum Gasteiger partial charge on any atom is -0.478 e. The third-order valence-electron chi connectivity index (χ3n) is 2.92. The van der Waals surface area contributed by atoms with Gasteiger partial charge < -0.3 is 9.90 Å². The molecule has 0 spiro atoms. The summed E-state index contributed by atoms with van der Waals surface area (Å²) in [6, 6.07) is 5.23. The van der Waals surface area contributed by atoms with Gasteiger partial charge in [0, 0.05) is 5.92 Å². The SMILES string of the molecule is O=CC1CCCc2cccc(C(=O)O)c21. The van der Waals surface area contributed by atoms with Crippen molar-refractivity contribution in [3.63, 3.8) is 0 Å². The lowest BCUT2D eigenvalue weighted by Gasteiger charge is -2.22. The molecule has 0 aromatic heterocycles. The van der Waals surface area contributed by atoms with E-state index in [1.165, 1.54) is 0 Å². The molecule has 1 N–H and O–H groups in total. The Morgan fingerprint density at radius 1 is 1.47 bits per heavy atom. The quantitative estimate of drug-likeness (QED) is 0.749. The Morgan fingerprint density at radius 3 is 2.93 bits per heavy atom. The van der Waals surface area contributed by atoms with E-state index in [0.29, 0.717) is 0 Å². The molecule has 0 aliphatic heterocycles. The van der Waals surface area contributed by atoms with Gasteiger partial charge in [0.1, 0.15) is 6.29 Å². The van der Waals surface area contributed by atoms with E-state index in [2.05, 4.69) is 0 Å². The maximum Gasteiger partial charge on any atom is 0.335 e. The third-order valence-corrected chi connectivity index (χ3v) is 2.92. The van der Waals surface area contributed by atoms with Crippen molar-refractivity contribution in [2.75, 3.05) is 0 Å². The van der Waals surface area contributed by atoms with Crippen LogP contribution < -0.4 is 0 Å². The average molecular weight is 204 g/mol. The first-order valence-corrected chi connectivity index (χ1v) is 5.04. The molecule has 0 saturated heterocycles. The van der Waals surface area contributed by atoms with Crippen molar-refractivity contribution in [1.82, 2.24) is 0 Å². The van der Waals surface area contributed by atoms with Crippen LogP contribution in [0.2, 0.25) is 0 Å². The minimum atomic E-state index is -0.944. The van der Waals surface area contributed by atoms with Crippen molar-refractivity contribution in [2.45, 2.75) is 25.2 Å². The van der Waals surface area contributed by atoms with E-state index in [-0.39, 0.29) is 11.5 Å². The Bertz CT molecular complexity index is 409. The largest absolute Gasteiger partial charge is 0.478 e. The number of carbonyl (C=O) groups excluding carboxylic acids is 1. The van der Waals surface area contributed by atoms with Crippen molar-refractivity contribution >= 4 is 12.3 Å². The first kappa shape index (κ1) is 9.90. The second-order valence-electron chi connectivity index (χ2n) is 3.82. The normalized spacial score (nSPS) is 19.3. The van der Waals surface area contributed by atoms with Crippen LogP contribution >= 0.6 is 0 Å². The second kappa shape index (κ2) is 3.85. The van der Waals surface area contributed by atoms with Gasteiger partial charge >= 0.3 is 5.97 Å². The van der Waals surface area contributed by atoms with E-state index in [1.807, 2.05) is 6.07 Å². The van der Waals surface area contributed by atoms with Gasteiger partial charge in [-0.2, -0.15) is 0 Å². The average Bonchev–Trinajstić information content (AvgIpc) is 2.27. The van der Waals surface area contributed by atoms with Crippen LogP contribution in [0, 0.1) is 0 Å². The Balaban J connectivity index is 2.59. The molecular formula is C12H12O3. The third kappa shape index (κ3) is 1.65. The fourth-order valence-corrected chi connectivity index (χ4v) is 2.25. The van der Waals surface area contributed by atoms with Crippen LogP contribution in [0.5, 0.6) is 0 Å². The van der Waals surface area contributed by atoms with Crippen molar-refractivity contribution in [1.29, 1.82) is 0 Å². The van der Waals surface area contributed by atoms with Gasteiger partial charge in [0.2, 0.25) is 0 Å². The molecule has 0 fully saturated rings. The summed E-state index contributed by atoms with van der Waals surface area (Å²) in [5.41, 5.74) is 2.02. The standard InChI is InChI=1S/C12H12O3/c13-7-9-5-1-3-8-4-2-6-10(11(8)9)12(14)15/h2,4,6-7,9H,1,3,5H2,(H,14,15). The summed E-state index contributed by atoms with van der Waals surface area (Å²) < 4.78 is 0. The van der Waals surface area contributed by atoms with Crippen molar-refractivity contribution < 1.29 is 14.7 Å². The predicted molar refractivity (Wildman–Crippen MR) is 55.1 cm³/mol. The van der Waals surface area contributed by atoms with Gasteiger partial charge in [0.25, 0.3) is 0 Å².